The quantitative estimate of drug-likeness (QED) is 0.265. The van der Waals surface area contributed by atoms with E-state index in [1.165, 1.54) is 33.4 Å². The highest BCUT2D eigenvalue weighted by atomic mass is 15.1. The molecule has 0 heterocycles. The van der Waals surface area contributed by atoms with Gasteiger partial charge >= 0.3 is 0 Å². The number of hydrogen-bond acceptors (Lipinski definition) is 1. The second-order valence-electron chi connectivity index (χ2n) is 11.4. The molecule has 0 radical (unpaired) electrons. The second kappa shape index (κ2) is 12.9. The summed E-state index contributed by atoms with van der Waals surface area (Å²) in [5.41, 5.74) is 8.48. The van der Waals surface area contributed by atoms with Crippen molar-refractivity contribution in [2.24, 2.45) is 17.8 Å². The van der Waals surface area contributed by atoms with Crippen LogP contribution in [-0.2, 0) is 38.9 Å². The van der Waals surface area contributed by atoms with E-state index in [9.17, 15) is 0 Å². The number of benzene rings is 3. The Bertz CT molecular complexity index is 831. The summed E-state index contributed by atoms with van der Waals surface area (Å²) in [5.74, 6) is 2.08. The first kappa shape index (κ1) is 26.2. The van der Waals surface area contributed by atoms with Crippen LogP contribution < -0.4 is 0 Å². The molecule has 0 fully saturated rings. The normalized spacial score (nSPS) is 11.8. The molecular weight excluding hydrogens is 410 g/mol. The van der Waals surface area contributed by atoms with Crippen molar-refractivity contribution in [3.63, 3.8) is 0 Å². The van der Waals surface area contributed by atoms with E-state index in [0.717, 1.165) is 38.9 Å². The van der Waals surface area contributed by atoms with Gasteiger partial charge in [-0.15, -0.1) is 0 Å². The average Bonchev–Trinajstić information content (AvgIpc) is 2.77. The van der Waals surface area contributed by atoms with Gasteiger partial charge in [-0.25, -0.2) is 0 Å². The standard InChI is InChI=1S/C33H45N/c1-25(2)19-28-7-13-31(14-8-28)22-34(23-32-15-9-29(10-16-32)20-26(3)4)24-33-17-11-30(12-18-33)21-27(5)6/h7-18,25-27H,19-24H2,1-6H3. The molecule has 3 aromatic carbocycles. The van der Waals surface area contributed by atoms with Gasteiger partial charge in [-0.2, -0.15) is 0 Å². The Labute approximate surface area is 209 Å². The summed E-state index contributed by atoms with van der Waals surface area (Å²) in [6.45, 7) is 16.6. The van der Waals surface area contributed by atoms with E-state index in [0.29, 0.717) is 17.8 Å². The van der Waals surface area contributed by atoms with Crippen molar-refractivity contribution in [3.8, 4) is 0 Å². The zero-order chi connectivity index (χ0) is 24.5. The Morgan fingerprint density at radius 3 is 0.794 bits per heavy atom. The smallest absolute Gasteiger partial charge is 0.0240 e. The number of rotatable bonds is 12. The Hall–Kier alpha value is -2.38. The lowest BCUT2D eigenvalue weighted by Gasteiger charge is -2.23. The molecule has 0 atom stereocenters. The molecule has 0 unspecified atom stereocenters. The first-order valence-electron chi connectivity index (χ1n) is 13.2. The lowest BCUT2D eigenvalue weighted by molar-refractivity contribution is 0.247. The fourth-order valence-corrected chi connectivity index (χ4v) is 4.70. The minimum Gasteiger partial charge on any atom is -0.291 e. The molecule has 0 saturated carbocycles. The zero-order valence-electron chi connectivity index (χ0n) is 22.4. The fraction of sp³-hybridized carbons (Fsp3) is 0.455. The molecule has 0 spiro atoms. The Morgan fingerprint density at radius 1 is 0.382 bits per heavy atom. The molecule has 1 heteroatoms. The van der Waals surface area contributed by atoms with Crippen molar-refractivity contribution in [3.05, 3.63) is 106 Å². The van der Waals surface area contributed by atoms with Crippen LogP contribution in [0.1, 0.15) is 74.9 Å². The zero-order valence-corrected chi connectivity index (χ0v) is 22.4. The van der Waals surface area contributed by atoms with E-state index < -0.39 is 0 Å². The highest BCUT2D eigenvalue weighted by Crippen LogP contribution is 2.18. The third-order valence-electron chi connectivity index (χ3n) is 6.22. The summed E-state index contributed by atoms with van der Waals surface area (Å²) >= 11 is 0. The van der Waals surface area contributed by atoms with Crippen molar-refractivity contribution < 1.29 is 0 Å². The third kappa shape index (κ3) is 9.11. The monoisotopic (exact) mass is 455 g/mol. The van der Waals surface area contributed by atoms with Gasteiger partial charge in [-0.05, 0) is 70.4 Å². The maximum Gasteiger partial charge on any atom is 0.0240 e. The predicted octanol–water partition coefficient (Wildman–Crippen LogP) is 8.48. The van der Waals surface area contributed by atoms with Crippen molar-refractivity contribution in [1.82, 2.24) is 4.90 Å². The highest BCUT2D eigenvalue weighted by Gasteiger charge is 2.10. The van der Waals surface area contributed by atoms with Crippen LogP contribution in [0.15, 0.2) is 72.8 Å². The summed E-state index contributed by atoms with van der Waals surface area (Å²) in [4.78, 5) is 2.58. The maximum absolute atomic E-state index is 2.58. The Balaban J connectivity index is 1.73. The van der Waals surface area contributed by atoms with Crippen LogP contribution in [0.5, 0.6) is 0 Å². The molecule has 0 amide bonds. The van der Waals surface area contributed by atoms with Crippen LogP contribution in [0.3, 0.4) is 0 Å². The molecule has 3 rings (SSSR count). The van der Waals surface area contributed by atoms with Gasteiger partial charge in [0.1, 0.15) is 0 Å². The molecule has 0 aliphatic carbocycles. The van der Waals surface area contributed by atoms with Gasteiger partial charge in [-0.3, -0.25) is 4.90 Å². The SMILES string of the molecule is CC(C)Cc1ccc(CN(Cc2ccc(CC(C)C)cc2)Cc2ccc(CC(C)C)cc2)cc1. The molecular formula is C33H45N. The molecule has 0 saturated heterocycles. The molecule has 0 aliphatic rings. The minimum absolute atomic E-state index is 0.694. The van der Waals surface area contributed by atoms with Crippen LogP contribution in [-0.4, -0.2) is 4.90 Å². The molecule has 34 heavy (non-hydrogen) atoms. The van der Waals surface area contributed by atoms with Gasteiger partial charge in [-0.1, -0.05) is 114 Å². The molecule has 1 nitrogen and oxygen atoms in total. The molecule has 0 bridgehead atoms. The Kier molecular flexibility index (Phi) is 9.96. The summed E-state index contributed by atoms with van der Waals surface area (Å²) in [5, 5.41) is 0. The summed E-state index contributed by atoms with van der Waals surface area (Å²) in [7, 11) is 0. The predicted molar refractivity (Wildman–Crippen MR) is 148 cm³/mol. The van der Waals surface area contributed by atoms with Gasteiger partial charge in [0.15, 0.2) is 0 Å². The summed E-state index contributed by atoms with van der Waals surface area (Å²) in [6.07, 6.45) is 3.44. The van der Waals surface area contributed by atoms with Crippen LogP contribution in [0.25, 0.3) is 0 Å². The molecule has 0 aromatic heterocycles. The molecule has 0 N–H and O–H groups in total. The first-order valence-corrected chi connectivity index (χ1v) is 13.2. The summed E-state index contributed by atoms with van der Waals surface area (Å²) in [6, 6.07) is 27.8. The fourth-order valence-electron chi connectivity index (χ4n) is 4.70. The van der Waals surface area contributed by atoms with Crippen molar-refractivity contribution in [1.29, 1.82) is 0 Å². The summed E-state index contributed by atoms with van der Waals surface area (Å²) < 4.78 is 0. The minimum atomic E-state index is 0.694. The van der Waals surface area contributed by atoms with Gasteiger partial charge in [0.2, 0.25) is 0 Å². The van der Waals surface area contributed by atoms with Crippen LogP contribution >= 0.6 is 0 Å². The van der Waals surface area contributed by atoms with Crippen molar-refractivity contribution in [2.75, 3.05) is 0 Å². The maximum atomic E-state index is 2.58. The first-order chi connectivity index (χ1) is 16.3. The van der Waals surface area contributed by atoms with E-state index >= 15 is 0 Å². The van der Waals surface area contributed by atoms with Gasteiger partial charge in [0, 0.05) is 19.6 Å². The highest BCUT2D eigenvalue weighted by molar-refractivity contribution is 5.26. The van der Waals surface area contributed by atoms with E-state index in [2.05, 4.69) is 119 Å². The largest absolute Gasteiger partial charge is 0.291 e. The Morgan fingerprint density at radius 2 is 0.588 bits per heavy atom. The van der Waals surface area contributed by atoms with Crippen molar-refractivity contribution >= 4 is 0 Å². The topological polar surface area (TPSA) is 3.24 Å². The molecule has 182 valence electrons. The van der Waals surface area contributed by atoms with Crippen LogP contribution in [0, 0.1) is 17.8 Å². The average molecular weight is 456 g/mol. The van der Waals surface area contributed by atoms with E-state index in [4.69, 9.17) is 0 Å². The van der Waals surface area contributed by atoms with Gasteiger partial charge in [0.05, 0.1) is 0 Å². The lowest BCUT2D eigenvalue weighted by atomic mass is 10.0. The molecule has 3 aromatic rings. The molecule has 0 aliphatic heterocycles. The number of nitrogens with zero attached hydrogens (tertiary/aromatic N) is 1. The van der Waals surface area contributed by atoms with E-state index in [1.807, 2.05) is 0 Å². The van der Waals surface area contributed by atoms with Crippen molar-refractivity contribution in [2.45, 2.75) is 80.4 Å². The van der Waals surface area contributed by atoms with E-state index in [1.54, 1.807) is 0 Å². The van der Waals surface area contributed by atoms with Crippen LogP contribution in [0.2, 0.25) is 0 Å². The number of hydrogen-bond donors (Lipinski definition) is 0. The second-order valence-corrected chi connectivity index (χ2v) is 11.4. The lowest BCUT2D eigenvalue weighted by Crippen LogP contribution is -2.22. The van der Waals surface area contributed by atoms with Gasteiger partial charge < -0.3 is 0 Å². The van der Waals surface area contributed by atoms with E-state index in [-0.39, 0.29) is 0 Å². The van der Waals surface area contributed by atoms with Gasteiger partial charge in [0.25, 0.3) is 0 Å². The third-order valence-corrected chi connectivity index (χ3v) is 6.22. The van der Waals surface area contributed by atoms with Crippen LogP contribution in [0.4, 0.5) is 0 Å².